The number of nitrogens with one attached hydrogen (secondary N) is 1. The van der Waals surface area contributed by atoms with Crippen molar-refractivity contribution in [3.63, 3.8) is 0 Å². The van der Waals surface area contributed by atoms with Gasteiger partial charge < -0.3 is 19.9 Å². The molecule has 3 rings (SSSR count). The van der Waals surface area contributed by atoms with Gasteiger partial charge in [0, 0.05) is 31.9 Å². The highest BCUT2D eigenvalue weighted by Crippen LogP contribution is 2.29. The predicted molar refractivity (Wildman–Crippen MR) is 120 cm³/mol. The molecule has 2 heterocycles. The summed E-state index contributed by atoms with van der Waals surface area (Å²) in [4.78, 5) is 18.3. The monoisotopic (exact) mass is 427 g/mol. The molecule has 1 amide bonds. The molecule has 0 aromatic heterocycles. The minimum absolute atomic E-state index is 0.138. The van der Waals surface area contributed by atoms with Gasteiger partial charge in [-0.15, -0.1) is 0 Å². The molecule has 31 heavy (non-hydrogen) atoms. The van der Waals surface area contributed by atoms with Gasteiger partial charge in [0.1, 0.15) is 12.7 Å². The summed E-state index contributed by atoms with van der Waals surface area (Å²) in [5.41, 5.74) is 3.49. The zero-order chi connectivity index (χ0) is 22.4. The highest BCUT2D eigenvalue weighted by Gasteiger charge is 2.26. The van der Waals surface area contributed by atoms with Gasteiger partial charge in [-0.3, -0.25) is 9.69 Å². The lowest BCUT2D eigenvalue weighted by atomic mass is 9.99. The number of amides is 1. The average Bonchev–Trinajstić information content (AvgIpc) is 2.75. The number of aliphatic imine (C=N–C) groups is 1. The Morgan fingerprint density at radius 1 is 1.42 bits per heavy atom. The maximum absolute atomic E-state index is 11.7. The van der Waals surface area contributed by atoms with Crippen LogP contribution < -0.4 is 5.32 Å². The van der Waals surface area contributed by atoms with Crippen LogP contribution in [0.1, 0.15) is 49.5 Å². The van der Waals surface area contributed by atoms with E-state index in [0.717, 1.165) is 43.6 Å². The number of piperidine rings is 1. The molecule has 2 N–H and O–H groups in total. The number of allylic oxidation sites excluding steroid dienone is 1. The lowest BCUT2D eigenvalue weighted by Gasteiger charge is -2.33. The number of benzene rings is 1. The number of hydrogen-bond donors (Lipinski definition) is 2. The standard InChI is InChI=1S/C24H33N3O4/c1-5-10-25-24-18(4)30-15-22(31-24)21-7-6-19(13-16(21)2)14-27-11-8-20(9-12-27)26-23(29)17(3)28/h5-7,10,13,17,20,22,28H,4,8-9,11-12,14-15H2,1-3H3,(H,26,29)/b10-5-,25-24?/t17?,22-/m1/s1. The zero-order valence-corrected chi connectivity index (χ0v) is 18.6. The van der Waals surface area contributed by atoms with Crippen LogP contribution in [-0.2, 0) is 20.8 Å². The van der Waals surface area contributed by atoms with Crippen LogP contribution >= 0.6 is 0 Å². The average molecular weight is 428 g/mol. The first-order valence-corrected chi connectivity index (χ1v) is 10.8. The Kier molecular flexibility index (Phi) is 7.87. The normalized spacial score (nSPS) is 22.9. The van der Waals surface area contributed by atoms with E-state index in [9.17, 15) is 9.90 Å². The Hall–Kier alpha value is -2.64. The van der Waals surface area contributed by atoms with E-state index in [1.54, 1.807) is 6.20 Å². The molecule has 0 radical (unpaired) electrons. The molecule has 168 valence electrons. The second-order valence-electron chi connectivity index (χ2n) is 8.18. The van der Waals surface area contributed by atoms with Crippen molar-refractivity contribution >= 4 is 11.8 Å². The maximum Gasteiger partial charge on any atom is 0.257 e. The van der Waals surface area contributed by atoms with Gasteiger partial charge in [-0.25, -0.2) is 4.99 Å². The lowest BCUT2D eigenvalue weighted by molar-refractivity contribution is -0.129. The Balaban J connectivity index is 1.57. The number of aryl methyl sites for hydroxylation is 1. The van der Waals surface area contributed by atoms with Crippen molar-refractivity contribution in [1.29, 1.82) is 0 Å². The summed E-state index contributed by atoms with van der Waals surface area (Å²) >= 11 is 0. The largest absolute Gasteiger partial charge is 0.484 e. The number of carbonyl (C=O) groups excluding carboxylic acids is 1. The number of nitrogens with zero attached hydrogens (tertiary/aromatic N) is 2. The Labute approximate surface area is 184 Å². The molecule has 2 atom stereocenters. The number of carbonyl (C=O) groups is 1. The van der Waals surface area contributed by atoms with Crippen LogP contribution in [0.2, 0.25) is 0 Å². The van der Waals surface area contributed by atoms with Crippen molar-refractivity contribution < 1.29 is 19.4 Å². The van der Waals surface area contributed by atoms with Gasteiger partial charge in [0.05, 0.1) is 0 Å². The fourth-order valence-corrected chi connectivity index (χ4v) is 3.88. The van der Waals surface area contributed by atoms with E-state index in [1.807, 2.05) is 13.0 Å². The summed E-state index contributed by atoms with van der Waals surface area (Å²) < 4.78 is 11.7. The fraction of sp³-hybridized carbons (Fsp3) is 0.500. The molecule has 7 nitrogen and oxygen atoms in total. The molecule has 7 heteroatoms. The van der Waals surface area contributed by atoms with Crippen molar-refractivity contribution in [2.24, 2.45) is 4.99 Å². The molecule has 0 saturated carbocycles. The van der Waals surface area contributed by atoms with Crippen molar-refractivity contribution in [2.45, 2.75) is 58.4 Å². The second kappa shape index (κ2) is 10.6. The maximum atomic E-state index is 11.7. The number of aliphatic hydroxyl groups is 1. The van der Waals surface area contributed by atoms with E-state index < -0.39 is 6.10 Å². The molecule has 2 aliphatic heterocycles. The van der Waals surface area contributed by atoms with E-state index in [1.165, 1.54) is 12.5 Å². The van der Waals surface area contributed by atoms with Gasteiger partial charge in [0.2, 0.25) is 5.91 Å². The summed E-state index contributed by atoms with van der Waals surface area (Å²) in [6.07, 6.45) is 4.11. The van der Waals surface area contributed by atoms with Gasteiger partial charge in [-0.1, -0.05) is 30.9 Å². The third-order valence-electron chi connectivity index (χ3n) is 5.64. The Morgan fingerprint density at radius 3 is 2.81 bits per heavy atom. The van der Waals surface area contributed by atoms with E-state index >= 15 is 0 Å². The summed E-state index contributed by atoms with van der Waals surface area (Å²) in [6, 6.07) is 6.58. The molecule has 1 aromatic rings. The van der Waals surface area contributed by atoms with Gasteiger partial charge >= 0.3 is 0 Å². The van der Waals surface area contributed by atoms with Crippen LogP contribution in [-0.4, -0.2) is 53.7 Å². The first-order chi connectivity index (χ1) is 14.9. The van der Waals surface area contributed by atoms with Crippen LogP contribution in [0.25, 0.3) is 0 Å². The van der Waals surface area contributed by atoms with E-state index in [4.69, 9.17) is 9.47 Å². The van der Waals surface area contributed by atoms with E-state index in [-0.39, 0.29) is 18.1 Å². The molecular formula is C24H33N3O4. The second-order valence-corrected chi connectivity index (χ2v) is 8.18. The number of ether oxygens (including phenoxy) is 2. The molecule has 0 bridgehead atoms. The summed E-state index contributed by atoms with van der Waals surface area (Å²) in [7, 11) is 0. The number of aliphatic hydroxyl groups excluding tert-OH is 1. The Bertz CT molecular complexity index is 854. The molecule has 2 aliphatic rings. The van der Waals surface area contributed by atoms with Crippen LogP contribution in [0.15, 0.2) is 47.8 Å². The smallest absolute Gasteiger partial charge is 0.257 e. The van der Waals surface area contributed by atoms with Crippen LogP contribution in [0, 0.1) is 6.92 Å². The minimum Gasteiger partial charge on any atom is -0.484 e. The summed E-state index contributed by atoms with van der Waals surface area (Å²) in [5, 5.41) is 12.3. The molecule has 2 fully saturated rings. The van der Waals surface area contributed by atoms with Crippen molar-refractivity contribution in [2.75, 3.05) is 19.7 Å². The Morgan fingerprint density at radius 2 is 2.16 bits per heavy atom. The molecule has 0 spiro atoms. The lowest BCUT2D eigenvalue weighted by Crippen LogP contribution is -2.46. The fourth-order valence-electron chi connectivity index (χ4n) is 3.88. The predicted octanol–water partition coefficient (Wildman–Crippen LogP) is 2.99. The van der Waals surface area contributed by atoms with Crippen molar-refractivity contribution in [1.82, 2.24) is 10.2 Å². The van der Waals surface area contributed by atoms with E-state index in [0.29, 0.717) is 18.3 Å². The third kappa shape index (κ3) is 6.18. The van der Waals surface area contributed by atoms with Gasteiger partial charge in [-0.2, -0.15) is 0 Å². The van der Waals surface area contributed by atoms with Gasteiger partial charge in [0.25, 0.3) is 5.90 Å². The molecule has 2 saturated heterocycles. The number of likely N-dealkylation sites (tertiary alicyclic amines) is 1. The van der Waals surface area contributed by atoms with Crippen LogP contribution in [0.3, 0.4) is 0 Å². The quantitative estimate of drug-likeness (QED) is 0.729. The van der Waals surface area contributed by atoms with E-state index in [2.05, 4.69) is 46.9 Å². The highest BCUT2D eigenvalue weighted by molar-refractivity contribution is 5.92. The first-order valence-electron chi connectivity index (χ1n) is 10.8. The third-order valence-corrected chi connectivity index (χ3v) is 5.64. The minimum atomic E-state index is -0.957. The van der Waals surface area contributed by atoms with Crippen molar-refractivity contribution in [3.05, 3.63) is 59.5 Å². The van der Waals surface area contributed by atoms with Crippen molar-refractivity contribution in [3.8, 4) is 0 Å². The van der Waals surface area contributed by atoms with Gasteiger partial charge in [0.15, 0.2) is 11.9 Å². The number of rotatable bonds is 6. The molecule has 1 aromatic carbocycles. The molecule has 1 unspecified atom stereocenters. The summed E-state index contributed by atoms with van der Waals surface area (Å²) in [6.45, 7) is 12.4. The van der Waals surface area contributed by atoms with Crippen LogP contribution in [0.5, 0.6) is 0 Å². The van der Waals surface area contributed by atoms with Gasteiger partial charge in [-0.05, 0) is 50.3 Å². The topological polar surface area (TPSA) is 83.4 Å². The van der Waals surface area contributed by atoms with Crippen LogP contribution in [0.4, 0.5) is 0 Å². The molecule has 0 aliphatic carbocycles. The molecular weight excluding hydrogens is 394 g/mol. The number of hydrogen-bond acceptors (Lipinski definition) is 6. The highest BCUT2D eigenvalue weighted by atomic mass is 16.6. The SMILES string of the molecule is C=C1OC[C@H](c2ccc(CN3CCC(NC(=O)C(C)O)CC3)cc2C)OC1=N/C=C\C. The first kappa shape index (κ1) is 23.0. The summed E-state index contributed by atoms with van der Waals surface area (Å²) in [5.74, 6) is 0.584. The zero-order valence-electron chi connectivity index (χ0n) is 18.6.